The molecule has 1 saturated heterocycles. The van der Waals surface area contributed by atoms with Crippen LogP contribution in [0.2, 0.25) is 0 Å². The maximum atomic E-state index is 12.7. The lowest BCUT2D eigenvalue weighted by atomic mass is 10.1. The molecule has 2 N–H and O–H groups in total. The Bertz CT molecular complexity index is 802. The number of nitrogens with one attached hydrogen (secondary N) is 2. The Labute approximate surface area is 163 Å². The topological polar surface area (TPSA) is 64.7 Å². The zero-order valence-electron chi connectivity index (χ0n) is 15.6. The Hall–Kier alpha value is -2.51. The van der Waals surface area contributed by atoms with E-state index in [2.05, 4.69) is 22.6 Å². The molecule has 3 amide bonds. The molecule has 0 aliphatic carbocycles. The van der Waals surface area contributed by atoms with Gasteiger partial charge in [0.05, 0.1) is 0 Å². The lowest BCUT2D eigenvalue weighted by Gasteiger charge is -2.32. The van der Waals surface area contributed by atoms with Crippen molar-refractivity contribution < 1.29 is 9.59 Å². The van der Waals surface area contributed by atoms with Gasteiger partial charge in [0.15, 0.2) is 0 Å². The van der Waals surface area contributed by atoms with Gasteiger partial charge in [-0.25, -0.2) is 4.79 Å². The van der Waals surface area contributed by atoms with Gasteiger partial charge in [0.2, 0.25) is 0 Å². The van der Waals surface area contributed by atoms with Gasteiger partial charge >= 0.3 is 6.03 Å². The molecule has 27 heavy (non-hydrogen) atoms. The maximum Gasteiger partial charge on any atom is 0.323 e. The van der Waals surface area contributed by atoms with Crippen molar-refractivity contribution in [3.63, 3.8) is 0 Å². The molecule has 0 radical (unpaired) electrons. The zero-order valence-corrected chi connectivity index (χ0v) is 16.4. The second-order valence-corrected chi connectivity index (χ2v) is 7.36. The number of amides is 3. The molecular formula is C20H24N4O2S. The predicted octanol–water partition coefficient (Wildman–Crippen LogP) is 3.44. The number of rotatable bonds is 4. The number of carbonyl (C=O) groups is 2. The highest BCUT2D eigenvalue weighted by atomic mass is 32.2. The summed E-state index contributed by atoms with van der Waals surface area (Å²) in [4.78, 5) is 30.1. The number of carbonyl (C=O) groups excluding carboxylic acids is 2. The summed E-state index contributed by atoms with van der Waals surface area (Å²) in [7, 11) is 2.06. The first-order chi connectivity index (χ1) is 13.0. The summed E-state index contributed by atoms with van der Waals surface area (Å²) in [5, 5.41) is 5.59. The smallest absolute Gasteiger partial charge is 0.323 e. The van der Waals surface area contributed by atoms with E-state index in [-0.39, 0.29) is 11.9 Å². The molecule has 3 rings (SSSR count). The van der Waals surface area contributed by atoms with E-state index in [1.54, 1.807) is 36.0 Å². The minimum Gasteiger partial charge on any atom is -0.336 e. The number of anilines is 2. The van der Waals surface area contributed by atoms with Crippen LogP contribution < -0.4 is 10.6 Å². The Balaban J connectivity index is 1.61. The Morgan fingerprint density at radius 1 is 0.926 bits per heavy atom. The van der Waals surface area contributed by atoms with E-state index in [0.717, 1.165) is 36.8 Å². The van der Waals surface area contributed by atoms with E-state index in [0.29, 0.717) is 11.3 Å². The molecule has 1 aliphatic rings. The van der Waals surface area contributed by atoms with Crippen molar-refractivity contribution in [3.8, 4) is 0 Å². The first kappa shape index (κ1) is 19.3. The minimum atomic E-state index is -0.337. The molecule has 7 heteroatoms. The largest absolute Gasteiger partial charge is 0.336 e. The summed E-state index contributed by atoms with van der Waals surface area (Å²) >= 11 is 1.65. The number of hydrogen-bond donors (Lipinski definition) is 2. The van der Waals surface area contributed by atoms with Crippen molar-refractivity contribution in [2.24, 2.45) is 0 Å². The van der Waals surface area contributed by atoms with Gasteiger partial charge in [-0.1, -0.05) is 6.07 Å². The summed E-state index contributed by atoms with van der Waals surface area (Å²) in [5.74, 6) is -0.000174. The van der Waals surface area contributed by atoms with E-state index in [9.17, 15) is 9.59 Å². The van der Waals surface area contributed by atoms with Crippen LogP contribution in [-0.4, -0.2) is 61.2 Å². The lowest BCUT2D eigenvalue weighted by molar-refractivity contribution is 0.0664. The maximum absolute atomic E-state index is 12.7. The third-order valence-electron chi connectivity index (χ3n) is 4.51. The minimum absolute atomic E-state index is 0.000174. The third kappa shape index (κ3) is 5.24. The lowest BCUT2D eigenvalue weighted by Crippen LogP contribution is -2.47. The Kier molecular flexibility index (Phi) is 6.36. The third-order valence-corrected chi connectivity index (χ3v) is 5.25. The molecule has 0 atom stereocenters. The van der Waals surface area contributed by atoms with Crippen LogP contribution in [-0.2, 0) is 0 Å². The molecule has 1 heterocycles. The van der Waals surface area contributed by atoms with Crippen LogP contribution in [0.1, 0.15) is 10.4 Å². The highest BCUT2D eigenvalue weighted by molar-refractivity contribution is 7.98. The molecule has 0 spiro atoms. The molecule has 2 aromatic carbocycles. The quantitative estimate of drug-likeness (QED) is 0.793. The van der Waals surface area contributed by atoms with Gasteiger partial charge in [-0.3, -0.25) is 4.79 Å². The van der Waals surface area contributed by atoms with Gasteiger partial charge in [0.25, 0.3) is 5.91 Å². The highest BCUT2D eigenvalue weighted by Gasteiger charge is 2.20. The summed E-state index contributed by atoms with van der Waals surface area (Å²) < 4.78 is 0. The van der Waals surface area contributed by atoms with Gasteiger partial charge in [-0.2, -0.15) is 0 Å². The van der Waals surface area contributed by atoms with Gasteiger partial charge in [-0.05, 0) is 55.8 Å². The summed E-state index contributed by atoms with van der Waals surface area (Å²) in [6.07, 6.45) is 2.01. The summed E-state index contributed by atoms with van der Waals surface area (Å²) in [6.45, 7) is 3.20. The Morgan fingerprint density at radius 2 is 1.59 bits per heavy atom. The van der Waals surface area contributed by atoms with Crippen LogP contribution in [0.3, 0.4) is 0 Å². The van der Waals surface area contributed by atoms with Gasteiger partial charge in [0, 0.05) is 48.0 Å². The van der Waals surface area contributed by atoms with E-state index < -0.39 is 0 Å². The number of likely N-dealkylation sites (N-methyl/N-ethyl adjacent to an activating group) is 1. The van der Waals surface area contributed by atoms with Crippen molar-refractivity contribution in [3.05, 3.63) is 54.1 Å². The van der Waals surface area contributed by atoms with Gasteiger partial charge in [-0.15, -0.1) is 11.8 Å². The molecule has 0 saturated carbocycles. The normalized spacial score (nSPS) is 14.7. The molecule has 0 unspecified atom stereocenters. The molecule has 0 aromatic heterocycles. The summed E-state index contributed by atoms with van der Waals surface area (Å²) in [5.41, 5.74) is 1.89. The SMILES string of the molecule is CSc1ccc(NC(=O)Nc2cccc(C(=O)N3CCN(C)CC3)c2)cc1. The first-order valence-corrected chi connectivity index (χ1v) is 10.1. The molecule has 6 nitrogen and oxygen atoms in total. The van der Waals surface area contributed by atoms with E-state index >= 15 is 0 Å². The van der Waals surface area contributed by atoms with Gasteiger partial charge < -0.3 is 20.4 Å². The number of hydrogen-bond acceptors (Lipinski definition) is 4. The average Bonchev–Trinajstić information content (AvgIpc) is 2.69. The highest BCUT2D eigenvalue weighted by Crippen LogP contribution is 2.18. The van der Waals surface area contributed by atoms with Crippen LogP contribution in [0, 0.1) is 0 Å². The van der Waals surface area contributed by atoms with Crippen molar-refractivity contribution in [2.45, 2.75) is 4.90 Å². The van der Waals surface area contributed by atoms with Crippen molar-refractivity contribution >= 4 is 35.1 Å². The predicted molar refractivity (Wildman–Crippen MR) is 111 cm³/mol. The second kappa shape index (κ2) is 8.92. The summed E-state index contributed by atoms with van der Waals surface area (Å²) in [6, 6.07) is 14.4. The molecule has 1 aliphatic heterocycles. The number of urea groups is 1. The fraction of sp³-hybridized carbons (Fsp3) is 0.300. The second-order valence-electron chi connectivity index (χ2n) is 6.48. The van der Waals surface area contributed by atoms with Gasteiger partial charge in [0.1, 0.15) is 0 Å². The van der Waals surface area contributed by atoms with Crippen LogP contribution in [0.4, 0.5) is 16.2 Å². The monoisotopic (exact) mass is 384 g/mol. The van der Waals surface area contributed by atoms with E-state index in [1.807, 2.05) is 35.4 Å². The fourth-order valence-electron chi connectivity index (χ4n) is 2.89. The number of thioether (sulfide) groups is 1. The van der Waals surface area contributed by atoms with Crippen molar-refractivity contribution in [1.29, 1.82) is 0 Å². The van der Waals surface area contributed by atoms with E-state index in [1.165, 1.54) is 0 Å². The molecule has 142 valence electrons. The standard InChI is InChI=1S/C20H24N4O2S/c1-23-10-12-24(13-11-23)19(25)15-4-3-5-17(14-15)22-20(26)21-16-6-8-18(27-2)9-7-16/h3-9,14H,10-13H2,1-2H3,(H2,21,22,26). The average molecular weight is 385 g/mol. The van der Waals surface area contributed by atoms with Crippen LogP contribution in [0.15, 0.2) is 53.4 Å². The molecular weight excluding hydrogens is 360 g/mol. The number of piperazine rings is 1. The van der Waals surface area contributed by atoms with Crippen LogP contribution in [0.5, 0.6) is 0 Å². The van der Waals surface area contributed by atoms with Crippen LogP contribution in [0.25, 0.3) is 0 Å². The Morgan fingerprint density at radius 3 is 2.26 bits per heavy atom. The fourth-order valence-corrected chi connectivity index (χ4v) is 3.30. The first-order valence-electron chi connectivity index (χ1n) is 8.85. The number of nitrogens with zero attached hydrogens (tertiary/aromatic N) is 2. The van der Waals surface area contributed by atoms with E-state index in [4.69, 9.17) is 0 Å². The molecule has 2 aromatic rings. The molecule has 1 fully saturated rings. The van der Waals surface area contributed by atoms with Crippen molar-refractivity contribution in [1.82, 2.24) is 9.80 Å². The van der Waals surface area contributed by atoms with Crippen molar-refractivity contribution in [2.75, 3.05) is 50.1 Å². The molecule has 0 bridgehead atoms. The zero-order chi connectivity index (χ0) is 19.2. The van der Waals surface area contributed by atoms with Crippen LogP contribution >= 0.6 is 11.8 Å². The number of benzene rings is 2.